The summed E-state index contributed by atoms with van der Waals surface area (Å²) >= 11 is 0. The van der Waals surface area contributed by atoms with Gasteiger partial charge in [-0.3, -0.25) is 0 Å². The maximum atomic E-state index is 5.77. The van der Waals surface area contributed by atoms with Crippen molar-refractivity contribution in [2.45, 2.75) is 52.0 Å². The molecule has 74 valence electrons. The molecule has 2 nitrogen and oxygen atoms in total. The van der Waals surface area contributed by atoms with E-state index in [1.807, 2.05) is 0 Å². The van der Waals surface area contributed by atoms with Crippen LogP contribution in [0.5, 0.6) is 0 Å². The molecule has 0 aromatic rings. The van der Waals surface area contributed by atoms with Gasteiger partial charge in [0.05, 0.1) is 0 Å². The summed E-state index contributed by atoms with van der Waals surface area (Å²) < 4.78 is 10.9. The van der Waals surface area contributed by atoms with Crippen molar-refractivity contribution in [1.29, 1.82) is 0 Å². The second-order valence-electron chi connectivity index (χ2n) is 3.16. The minimum Gasteiger partial charge on any atom is -0.396 e. The normalized spacial score (nSPS) is 16.0. The largest absolute Gasteiger partial charge is 0.396 e. The fourth-order valence-corrected chi connectivity index (χ4v) is 3.08. The van der Waals surface area contributed by atoms with Crippen molar-refractivity contribution in [3.63, 3.8) is 0 Å². The molecule has 0 saturated heterocycles. The molecule has 0 spiro atoms. The van der Waals surface area contributed by atoms with E-state index < -0.39 is 9.04 Å². The Labute approximate surface area is 78.0 Å². The zero-order valence-electron chi connectivity index (χ0n) is 8.80. The van der Waals surface area contributed by atoms with E-state index in [-0.39, 0.29) is 6.29 Å². The van der Waals surface area contributed by atoms with Crippen molar-refractivity contribution in [3.05, 3.63) is 0 Å². The van der Waals surface area contributed by atoms with Crippen LogP contribution in [0.3, 0.4) is 0 Å². The molecule has 0 aliphatic rings. The van der Waals surface area contributed by atoms with E-state index in [9.17, 15) is 0 Å². The summed E-state index contributed by atoms with van der Waals surface area (Å²) in [5, 5.41) is 0. The van der Waals surface area contributed by atoms with Gasteiger partial charge >= 0.3 is 0 Å². The number of rotatable bonds is 7. The van der Waals surface area contributed by atoms with Gasteiger partial charge in [0.15, 0.2) is 9.04 Å². The van der Waals surface area contributed by atoms with Crippen LogP contribution in [-0.2, 0) is 9.16 Å². The van der Waals surface area contributed by atoms with Crippen molar-refractivity contribution >= 4 is 9.04 Å². The predicted octanol–water partition coefficient (Wildman–Crippen LogP) is 2.54. The molecule has 0 aliphatic carbocycles. The molecule has 0 amide bonds. The zero-order chi connectivity index (χ0) is 9.40. The molecule has 0 heterocycles. The van der Waals surface area contributed by atoms with Crippen molar-refractivity contribution in [3.8, 4) is 0 Å². The Bertz CT molecular complexity index is 94.5. The molecule has 0 aliphatic heterocycles. The minimum atomic E-state index is -0.938. The van der Waals surface area contributed by atoms with Gasteiger partial charge in [0.25, 0.3) is 0 Å². The Morgan fingerprint density at radius 1 is 1.33 bits per heavy atom. The number of hydrogen-bond acceptors (Lipinski definition) is 2. The van der Waals surface area contributed by atoms with Crippen LogP contribution >= 0.6 is 0 Å². The lowest BCUT2D eigenvalue weighted by molar-refractivity contribution is -0.0574. The third kappa shape index (κ3) is 5.74. The first-order valence-corrected chi connectivity index (χ1v) is 7.37. The third-order valence-electron chi connectivity index (χ3n) is 1.94. The van der Waals surface area contributed by atoms with Crippen LogP contribution < -0.4 is 0 Å². The fraction of sp³-hybridized carbons (Fsp3) is 1.00. The maximum absolute atomic E-state index is 5.77. The van der Waals surface area contributed by atoms with Gasteiger partial charge in [0.1, 0.15) is 6.29 Å². The predicted molar refractivity (Wildman–Crippen MR) is 54.9 cm³/mol. The number of ether oxygens (including phenoxy) is 1. The van der Waals surface area contributed by atoms with E-state index in [0.29, 0.717) is 0 Å². The first kappa shape index (κ1) is 12.1. The van der Waals surface area contributed by atoms with Crippen molar-refractivity contribution in [2.24, 2.45) is 0 Å². The molecule has 0 aromatic carbocycles. The van der Waals surface area contributed by atoms with E-state index in [0.717, 1.165) is 6.42 Å². The fourth-order valence-electron chi connectivity index (χ4n) is 1.14. The summed E-state index contributed by atoms with van der Waals surface area (Å²) in [6.45, 7) is 6.56. The standard InChI is InChI=1S/C9H22O2Si/c1-5-7-8-12(4)11-9(6-2)10-3/h9,12H,5-8H2,1-4H3. The van der Waals surface area contributed by atoms with Crippen molar-refractivity contribution in [1.82, 2.24) is 0 Å². The van der Waals surface area contributed by atoms with Crippen LogP contribution in [-0.4, -0.2) is 22.4 Å². The molecule has 3 heteroatoms. The van der Waals surface area contributed by atoms with Gasteiger partial charge < -0.3 is 9.16 Å². The minimum absolute atomic E-state index is 0.0449. The topological polar surface area (TPSA) is 18.5 Å². The van der Waals surface area contributed by atoms with Gasteiger partial charge in [-0.15, -0.1) is 0 Å². The van der Waals surface area contributed by atoms with E-state index in [4.69, 9.17) is 9.16 Å². The van der Waals surface area contributed by atoms with Gasteiger partial charge in [-0.25, -0.2) is 0 Å². The van der Waals surface area contributed by atoms with Crippen LogP contribution in [0.25, 0.3) is 0 Å². The van der Waals surface area contributed by atoms with Crippen molar-refractivity contribution < 1.29 is 9.16 Å². The second-order valence-corrected chi connectivity index (χ2v) is 5.63. The SMILES string of the molecule is CCCC[SiH](C)OC(CC)OC. The average molecular weight is 190 g/mol. The lowest BCUT2D eigenvalue weighted by Gasteiger charge is -2.19. The van der Waals surface area contributed by atoms with Gasteiger partial charge in [-0.2, -0.15) is 0 Å². The van der Waals surface area contributed by atoms with Crippen LogP contribution in [0.1, 0.15) is 33.1 Å². The highest BCUT2D eigenvalue weighted by molar-refractivity contribution is 6.50. The Balaban J connectivity index is 3.44. The summed E-state index contributed by atoms with van der Waals surface area (Å²) in [6, 6.07) is 1.27. The van der Waals surface area contributed by atoms with Gasteiger partial charge in [-0.1, -0.05) is 26.7 Å². The second kappa shape index (κ2) is 7.77. The van der Waals surface area contributed by atoms with Gasteiger partial charge in [0, 0.05) is 7.11 Å². The van der Waals surface area contributed by atoms with Crippen LogP contribution in [0.2, 0.25) is 12.6 Å². The smallest absolute Gasteiger partial charge is 0.177 e. The monoisotopic (exact) mass is 190 g/mol. The zero-order valence-corrected chi connectivity index (χ0v) is 9.95. The molecule has 0 rings (SSSR count). The molecule has 2 atom stereocenters. The first-order valence-electron chi connectivity index (χ1n) is 4.92. The van der Waals surface area contributed by atoms with Gasteiger partial charge in [0.2, 0.25) is 0 Å². The highest BCUT2D eigenvalue weighted by Gasteiger charge is 2.10. The average Bonchev–Trinajstić information content (AvgIpc) is 2.10. The summed E-state index contributed by atoms with van der Waals surface area (Å²) in [5.74, 6) is 0. The third-order valence-corrected chi connectivity index (χ3v) is 3.93. The van der Waals surface area contributed by atoms with Crippen molar-refractivity contribution in [2.75, 3.05) is 7.11 Å². The highest BCUT2D eigenvalue weighted by atomic mass is 28.3. The first-order chi connectivity index (χ1) is 5.74. The summed E-state index contributed by atoms with van der Waals surface area (Å²) in [7, 11) is 0.779. The van der Waals surface area contributed by atoms with Crippen LogP contribution in [0.4, 0.5) is 0 Å². The molecular weight excluding hydrogens is 168 g/mol. The molecule has 2 unspecified atom stereocenters. The number of hydrogen-bond donors (Lipinski definition) is 0. The summed E-state index contributed by atoms with van der Waals surface area (Å²) in [5.41, 5.74) is 0. The van der Waals surface area contributed by atoms with Crippen LogP contribution in [0.15, 0.2) is 0 Å². The number of unbranched alkanes of at least 4 members (excludes halogenated alkanes) is 1. The molecule has 0 saturated carbocycles. The molecule has 0 bridgehead atoms. The quantitative estimate of drug-likeness (QED) is 0.454. The van der Waals surface area contributed by atoms with E-state index >= 15 is 0 Å². The highest BCUT2D eigenvalue weighted by Crippen LogP contribution is 2.07. The van der Waals surface area contributed by atoms with Crippen LogP contribution in [0, 0.1) is 0 Å². The Morgan fingerprint density at radius 3 is 2.42 bits per heavy atom. The van der Waals surface area contributed by atoms with E-state index in [1.165, 1.54) is 18.9 Å². The summed E-state index contributed by atoms with van der Waals surface area (Å²) in [6.07, 6.45) is 3.57. The molecule has 12 heavy (non-hydrogen) atoms. The Morgan fingerprint density at radius 2 is 2.00 bits per heavy atom. The molecular formula is C9H22O2Si. The number of methoxy groups -OCH3 is 1. The molecule has 0 fully saturated rings. The maximum Gasteiger partial charge on any atom is 0.177 e. The Kier molecular flexibility index (Phi) is 7.86. The Hall–Kier alpha value is 0.137. The van der Waals surface area contributed by atoms with E-state index in [2.05, 4.69) is 20.4 Å². The molecule has 0 N–H and O–H groups in total. The van der Waals surface area contributed by atoms with Gasteiger partial charge in [-0.05, 0) is 19.0 Å². The molecule has 0 radical (unpaired) electrons. The molecule has 0 aromatic heterocycles. The van der Waals surface area contributed by atoms with E-state index in [1.54, 1.807) is 7.11 Å². The lowest BCUT2D eigenvalue weighted by atomic mass is 10.4. The lowest BCUT2D eigenvalue weighted by Crippen LogP contribution is -2.23. The summed E-state index contributed by atoms with van der Waals surface area (Å²) in [4.78, 5) is 0.